The summed E-state index contributed by atoms with van der Waals surface area (Å²) >= 11 is 0. The number of likely N-dealkylation sites (N-methyl/N-ethyl adjacent to an activating group) is 1. The average molecular weight is 433 g/mol. The van der Waals surface area contributed by atoms with Gasteiger partial charge in [0.1, 0.15) is 0 Å². The summed E-state index contributed by atoms with van der Waals surface area (Å²) in [5.74, 6) is 0.321. The van der Waals surface area contributed by atoms with Gasteiger partial charge in [0, 0.05) is 45.3 Å². The smallest absolute Gasteiger partial charge is 0.255 e. The fraction of sp³-hybridized carbons (Fsp3) is 0.500. The van der Waals surface area contributed by atoms with E-state index in [0.717, 1.165) is 5.56 Å². The average Bonchev–Trinajstić information content (AvgIpc) is 2.77. The van der Waals surface area contributed by atoms with E-state index in [2.05, 4.69) is 4.90 Å². The van der Waals surface area contributed by atoms with Gasteiger partial charge in [-0.15, -0.1) is 0 Å². The third kappa shape index (κ3) is 7.29. The highest BCUT2D eigenvalue weighted by Crippen LogP contribution is 2.28. The van der Waals surface area contributed by atoms with Crippen LogP contribution >= 0.6 is 0 Å². The normalized spacial score (nSPS) is 14.5. The molecule has 0 aliphatic carbocycles. The summed E-state index contributed by atoms with van der Waals surface area (Å²) in [6.45, 7) is 8.03. The Morgan fingerprint density at radius 3 is 2.35 bits per heavy atom. The van der Waals surface area contributed by atoms with Crippen LogP contribution in [0, 0.1) is 0 Å². The molecule has 2 N–H and O–H groups in total. The van der Waals surface area contributed by atoms with Crippen LogP contribution in [0.15, 0.2) is 24.3 Å². The van der Waals surface area contributed by atoms with E-state index in [0.29, 0.717) is 57.3 Å². The van der Waals surface area contributed by atoms with Gasteiger partial charge in [-0.05, 0) is 37.6 Å². The predicted octanol–water partition coefficient (Wildman–Crippen LogP) is 0.585. The molecule has 0 atom stereocenters. The highest BCUT2D eigenvalue weighted by atomic mass is 16.5. The molecule has 1 fully saturated rings. The van der Waals surface area contributed by atoms with Crippen molar-refractivity contribution in [3.8, 4) is 11.5 Å². The number of nitrogens with zero attached hydrogens (tertiary/aromatic N) is 3. The lowest BCUT2D eigenvalue weighted by Crippen LogP contribution is -2.51. The Balaban J connectivity index is 1.88. The third-order valence-corrected chi connectivity index (χ3v) is 5.13. The Labute approximate surface area is 183 Å². The van der Waals surface area contributed by atoms with Crippen LogP contribution in [-0.2, 0) is 14.4 Å². The van der Waals surface area contributed by atoms with Gasteiger partial charge in [0.2, 0.25) is 11.8 Å². The van der Waals surface area contributed by atoms with Gasteiger partial charge in [-0.1, -0.05) is 6.07 Å². The van der Waals surface area contributed by atoms with E-state index in [4.69, 9.17) is 15.2 Å². The number of carbonyl (C=O) groups is 3. The van der Waals surface area contributed by atoms with Gasteiger partial charge in [-0.3, -0.25) is 19.3 Å². The first-order valence-corrected chi connectivity index (χ1v) is 10.4. The lowest BCUT2D eigenvalue weighted by atomic mass is 10.2. The first kappa shape index (κ1) is 24.2. The molecule has 1 saturated heterocycles. The van der Waals surface area contributed by atoms with Gasteiger partial charge in [0.15, 0.2) is 18.1 Å². The summed E-state index contributed by atoms with van der Waals surface area (Å²) in [5, 5.41) is 0. The molecule has 2 rings (SSSR count). The molecule has 1 aromatic rings. The molecule has 3 amide bonds. The Kier molecular flexibility index (Phi) is 9.33. The number of rotatable bonds is 10. The van der Waals surface area contributed by atoms with Crippen molar-refractivity contribution in [3.05, 3.63) is 29.8 Å². The quantitative estimate of drug-likeness (QED) is 0.543. The van der Waals surface area contributed by atoms with E-state index in [1.54, 1.807) is 29.2 Å². The van der Waals surface area contributed by atoms with Gasteiger partial charge in [-0.25, -0.2) is 0 Å². The molecule has 9 heteroatoms. The van der Waals surface area contributed by atoms with E-state index >= 15 is 0 Å². The van der Waals surface area contributed by atoms with Crippen molar-refractivity contribution in [2.24, 2.45) is 5.73 Å². The summed E-state index contributed by atoms with van der Waals surface area (Å²) in [5.41, 5.74) is 5.86. The number of benzene rings is 1. The van der Waals surface area contributed by atoms with E-state index in [9.17, 15) is 14.4 Å². The monoisotopic (exact) mass is 432 g/mol. The second-order valence-electron chi connectivity index (χ2n) is 7.17. The van der Waals surface area contributed by atoms with E-state index < -0.39 is 5.91 Å². The number of nitrogens with two attached hydrogens (primary N) is 1. The SMILES string of the molecule is CCN(CC)C(=O)CN1CCN(C(=O)/C=C/c2ccc(OCC(N)=O)c(OC)c2)CC1. The minimum absolute atomic E-state index is 0.0808. The Morgan fingerprint density at radius 1 is 1.10 bits per heavy atom. The van der Waals surface area contributed by atoms with Gasteiger partial charge < -0.3 is 25.0 Å². The zero-order valence-electron chi connectivity index (χ0n) is 18.5. The summed E-state index contributed by atoms with van der Waals surface area (Å²) < 4.78 is 10.6. The molecular formula is C22H32N4O5. The lowest BCUT2D eigenvalue weighted by Gasteiger charge is -2.34. The minimum atomic E-state index is -0.575. The molecule has 0 unspecified atom stereocenters. The highest BCUT2D eigenvalue weighted by molar-refractivity contribution is 5.92. The number of amides is 3. The fourth-order valence-corrected chi connectivity index (χ4v) is 3.32. The number of methoxy groups -OCH3 is 1. The summed E-state index contributed by atoms with van der Waals surface area (Å²) in [7, 11) is 1.50. The van der Waals surface area contributed by atoms with Crippen LogP contribution in [0.2, 0.25) is 0 Å². The topological polar surface area (TPSA) is 105 Å². The molecule has 170 valence electrons. The number of primary amides is 1. The summed E-state index contributed by atoms with van der Waals surface area (Å²) in [4.78, 5) is 41.3. The third-order valence-electron chi connectivity index (χ3n) is 5.13. The van der Waals surface area contributed by atoms with Crippen LogP contribution in [0.5, 0.6) is 11.5 Å². The molecule has 31 heavy (non-hydrogen) atoms. The van der Waals surface area contributed by atoms with Crippen LogP contribution in [0.25, 0.3) is 6.08 Å². The molecule has 0 saturated carbocycles. The van der Waals surface area contributed by atoms with Gasteiger partial charge in [-0.2, -0.15) is 0 Å². The molecule has 1 aliphatic heterocycles. The van der Waals surface area contributed by atoms with Crippen LogP contribution in [0.3, 0.4) is 0 Å². The maximum atomic E-state index is 12.5. The van der Waals surface area contributed by atoms with Crippen molar-refractivity contribution in [3.63, 3.8) is 0 Å². The maximum absolute atomic E-state index is 12.5. The van der Waals surface area contributed by atoms with Crippen molar-refractivity contribution >= 4 is 23.8 Å². The molecule has 1 heterocycles. The number of hydrogen-bond donors (Lipinski definition) is 1. The van der Waals surface area contributed by atoms with E-state index in [1.807, 2.05) is 18.7 Å². The standard InChI is InChI=1S/C22H32N4O5/c1-4-25(5-2)22(29)15-24-10-12-26(13-11-24)21(28)9-7-17-6-8-18(19(14-17)30-3)31-16-20(23)27/h6-9,14H,4-5,10-13,15-16H2,1-3H3,(H2,23,27)/b9-7+. The Bertz CT molecular complexity index is 799. The summed E-state index contributed by atoms with van der Waals surface area (Å²) in [6.07, 6.45) is 3.23. The van der Waals surface area contributed by atoms with Crippen LogP contribution in [-0.4, -0.2) is 92.0 Å². The van der Waals surface area contributed by atoms with Gasteiger partial charge >= 0.3 is 0 Å². The van der Waals surface area contributed by atoms with Gasteiger partial charge in [0.05, 0.1) is 13.7 Å². The molecule has 0 aromatic heterocycles. The minimum Gasteiger partial charge on any atom is -0.493 e. The van der Waals surface area contributed by atoms with Crippen molar-refractivity contribution in [2.75, 3.05) is 59.5 Å². The zero-order valence-corrected chi connectivity index (χ0v) is 18.5. The molecule has 0 radical (unpaired) electrons. The second-order valence-corrected chi connectivity index (χ2v) is 7.17. The first-order valence-electron chi connectivity index (χ1n) is 10.4. The Morgan fingerprint density at radius 2 is 1.77 bits per heavy atom. The van der Waals surface area contributed by atoms with E-state index in [1.165, 1.54) is 13.2 Å². The van der Waals surface area contributed by atoms with Crippen molar-refractivity contribution in [1.82, 2.24) is 14.7 Å². The highest BCUT2D eigenvalue weighted by Gasteiger charge is 2.22. The second kappa shape index (κ2) is 11.9. The van der Waals surface area contributed by atoms with Crippen molar-refractivity contribution < 1.29 is 23.9 Å². The van der Waals surface area contributed by atoms with Crippen LogP contribution in [0.4, 0.5) is 0 Å². The molecule has 9 nitrogen and oxygen atoms in total. The fourth-order valence-electron chi connectivity index (χ4n) is 3.32. The predicted molar refractivity (Wildman–Crippen MR) is 118 cm³/mol. The summed E-state index contributed by atoms with van der Waals surface area (Å²) in [6, 6.07) is 5.15. The molecule has 0 spiro atoms. The molecular weight excluding hydrogens is 400 g/mol. The zero-order chi connectivity index (χ0) is 22.8. The van der Waals surface area contributed by atoms with Crippen LogP contribution in [0.1, 0.15) is 19.4 Å². The lowest BCUT2D eigenvalue weighted by molar-refractivity contribution is -0.133. The molecule has 1 aliphatic rings. The number of carbonyl (C=O) groups excluding carboxylic acids is 3. The number of ether oxygens (including phenoxy) is 2. The number of piperazine rings is 1. The molecule has 0 bridgehead atoms. The van der Waals surface area contributed by atoms with E-state index in [-0.39, 0.29) is 18.4 Å². The van der Waals surface area contributed by atoms with Crippen molar-refractivity contribution in [2.45, 2.75) is 13.8 Å². The maximum Gasteiger partial charge on any atom is 0.255 e. The van der Waals surface area contributed by atoms with Gasteiger partial charge in [0.25, 0.3) is 5.91 Å². The first-order chi connectivity index (χ1) is 14.9. The largest absolute Gasteiger partial charge is 0.493 e. The molecule has 1 aromatic carbocycles. The number of hydrogen-bond acceptors (Lipinski definition) is 6. The van der Waals surface area contributed by atoms with Crippen LogP contribution < -0.4 is 15.2 Å². The Hall–Kier alpha value is -3.07. The van der Waals surface area contributed by atoms with Crippen molar-refractivity contribution in [1.29, 1.82) is 0 Å².